The predicted molar refractivity (Wildman–Crippen MR) is 157 cm³/mol. The zero-order valence-electron chi connectivity index (χ0n) is 23.8. The molecule has 2 aliphatic rings. The van der Waals surface area contributed by atoms with Crippen molar-refractivity contribution in [2.24, 2.45) is 0 Å². The average Bonchev–Trinajstić information content (AvgIpc) is 2.96. The van der Waals surface area contributed by atoms with Crippen molar-refractivity contribution >= 4 is 0 Å². The van der Waals surface area contributed by atoms with Gasteiger partial charge in [0.25, 0.3) is 23.1 Å². The van der Waals surface area contributed by atoms with Crippen LogP contribution in [0.1, 0.15) is 60.0 Å². The molecular weight excluding hydrogens is 536 g/mol. The van der Waals surface area contributed by atoms with Crippen molar-refractivity contribution in [1.29, 1.82) is 0 Å². The van der Waals surface area contributed by atoms with Crippen molar-refractivity contribution in [2.45, 2.75) is 62.9 Å². The minimum absolute atomic E-state index is 0.175. The fourth-order valence-corrected chi connectivity index (χ4v) is 4.98. The molecule has 0 bridgehead atoms. The van der Waals surface area contributed by atoms with Gasteiger partial charge in [-0.15, -0.1) is 0 Å². The molecule has 0 atom stereocenters. The molecule has 2 N–H and O–H groups in total. The Kier molecular flexibility index (Phi) is 9.78. The van der Waals surface area contributed by atoms with Crippen molar-refractivity contribution in [3.8, 4) is 12.0 Å². The lowest BCUT2D eigenvalue weighted by atomic mass is 9.80. The van der Waals surface area contributed by atoms with E-state index in [2.05, 4.69) is 44.2 Å². The first-order valence-electron chi connectivity index (χ1n) is 14.1. The fourth-order valence-electron chi connectivity index (χ4n) is 4.98. The van der Waals surface area contributed by atoms with Crippen LogP contribution < -0.4 is 20.6 Å². The predicted octanol–water partition coefficient (Wildman–Crippen LogP) is 4.48. The highest BCUT2D eigenvalue weighted by molar-refractivity contribution is 5.18. The quantitative estimate of drug-likeness (QED) is 0.285. The van der Waals surface area contributed by atoms with Gasteiger partial charge in [-0.3, -0.25) is 19.6 Å². The van der Waals surface area contributed by atoms with Crippen molar-refractivity contribution in [3.05, 3.63) is 116 Å². The number of hydrogen-bond donors (Lipinski definition) is 2. The molecule has 42 heavy (non-hydrogen) atoms. The molecule has 10 nitrogen and oxygen atoms in total. The van der Waals surface area contributed by atoms with E-state index in [0.717, 1.165) is 37.1 Å². The number of nitrogens with zero attached hydrogens (tertiary/aromatic N) is 2. The van der Waals surface area contributed by atoms with Crippen LogP contribution in [-0.4, -0.2) is 46.4 Å². The van der Waals surface area contributed by atoms with Gasteiger partial charge in [-0.2, -0.15) is 0 Å². The molecule has 2 heterocycles. The summed E-state index contributed by atoms with van der Waals surface area (Å²) in [5, 5.41) is 0. The lowest BCUT2D eigenvalue weighted by Gasteiger charge is -2.34. The first kappa shape index (κ1) is 29.2. The molecule has 0 aliphatic heterocycles. The summed E-state index contributed by atoms with van der Waals surface area (Å²) in [5.41, 5.74) is 3.58. The highest BCUT2D eigenvalue weighted by Crippen LogP contribution is 2.39. The Bertz CT molecular complexity index is 1410. The van der Waals surface area contributed by atoms with Crippen molar-refractivity contribution in [3.63, 3.8) is 0 Å². The summed E-state index contributed by atoms with van der Waals surface area (Å²) in [5.74, 6) is 0.559. The van der Waals surface area contributed by atoms with Gasteiger partial charge in [0.15, 0.2) is 0 Å². The van der Waals surface area contributed by atoms with Crippen molar-refractivity contribution < 1.29 is 18.9 Å². The maximum Gasteiger partial charge on any atom is 0.296 e. The van der Waals surface area contributed by atoms with Gasteiger partial charge in [0.2, 0.25) is 0 Å². The molecule has 2 aromatic carbocycles. The molecular formula is C32H36N4O6. The summed E-state index contributed by atoms with van der Waals surface area (Å²) < 4.78 is 21.7. The van der Waals surface area contributed by atoms with Crippen LogP contribution in [0.5, 0.6) is 12.0 Å². The van der Waals surface area contributed by atoms with Crippen molar-refractivity contribution in [1.82, 2.24) is 19.9 Å². The number of hydrogen-bond acceptors (Lipinski definition) is 8. The second-order valence-electron chi connectivity index (χ2n) is 10.5. The van der Waals surface area contributed by atoms with E-state index in [1.54, 1.807) is 12.1 Å². The summed E-state index contributed by atoms with van der Waals surface area (Å²) in [6.45, 7) is 1.26. The van der Waals surface area contributed by atoms with Crippen LogP contribution in [0.15, 0.2) is 82.4 Å². The van der Waals surface area contributed by atoms with Crippen LogP contribution in [-0.2, 0) is 22.7 Å². The number of benzene rings is 2. The molecule has 0 amide bonds. The first-order chi connectivity index (χ1) is 20.5. The van der Waals surface area contributed by atoms with Crippen LogP contribution >= 0.6 is 0 Å². The maximum atomic E-state index is 11.5. The second-order valence-corrected chi connectivity index (χ2v) is 10.5. The normalized spacial score (nSPS) is 20.8. The number of nitrogens with one attached hydrogen (secondary N) is 2. The Balaban J connectivity index is 0.000000168. The maximum absolute atomic E-state index is 11.5. The van der Waals surface area contributed by atoms with Crippen LogP contribution in [0, 0.1) is 0 Å². The highest BCUT2D eigenvalue weighted by Gasteiger charge is 2.33. The molecule has 2 aromatic heterocycles. The Morgan fingerprint density at radius 3 is 1.38 bits per heavy atom. The number of ether oxygens (including phenoxy) is 4. The number of rotatable bonds is 10. The molecule has 2 saturated carbocycles. The molecule has 2 aliphatic carbocycles. The smallest absolute Gasteiger partial charge is 0.296 e. The number of methoxy groups -OCH3 is 2. The zero-order chi connectivity index (χ0) is 29.3. The van der Waals surface area contributed by atoms with E-state index in [9.17, 15) is 9.59 Å². The van der Waals surface area contributed by atoms with Gasteiger partial charge >= 0.3 is 0 Å². The summed E-state index contributed by atoms with van der Waals surface area (Å²) >= 11 is 0. The van der Waals surface area contributed by atoms with Crippen LogP contribution in [0.3, 0.4) is 0 Å². The minimum Gasteiger partial charge on any atom is -0.468 e. The summed E-state index contributed by atoms with van der Waals surface area (Å²) in [6, 6.07) is 23.9. The van der Waals surface area contributed by atoms with E-state index in [4.69, 9.17) is 18.9 Å². The second kappa shape index (κ2) is 14.1. The topological polar surface area (TPSA) is 128 Å². The third-order valence-electron chi connectivity index (χ3n) is 7.55. The molecule has 10 heteroatoms. The van der Waals surface area contributed by atoms with Crippen molar-refractivity contribution in [2.75, 3.05) is 14.2 Å². The van der Waals surface area contributed by atoms with Gasteiger partial charge in [0.1, 0.15) is 0 Å². The van der Waals surface area contributed by atoms with E-state index >= 15 is 0 Å². The van der Waals surface area contributed by atoms with E-state index in [1.165, 1.54) is 25.3 Å². The Morgan fingerprint density at radius 2 is 1.02 bits per heavy atom. The molecule has 220 valence electrons. The largest absolute Gasteiger partial charge is 0.468 e. The van der Waals surface area contributed by atoms with Gasteiger partial charge in [0.05, 0.1) is 51.0 Å². The molecule has 0 radical (unpaired) electrons. The van der Waals surface area contributed by atoms with Crippen LogP contribution in [0.25, 0.3) is 0 Å². The molecule has 4 aromatic rings. The number of aromatic nitrogens is 4. The summed E-state index contributed by atoms with van der Waals surface area (Å²) in [6.07, 6.45) is 4.06. The van der Waals surface area contributed by atoms with Crippen LogP contribution in [0.2, 0.25) is 0 Å². The van der Waals surface area contributed by atoms with Gasteiger partial charge in [-0.1, -0.05) is 60.7 Å². The van der Waals surface area contributed by atoms with E-state index in [-0.39, 0.29) is 47.2 Å². The summed E-state index contributed by atoms with van der Waals surface area (Å²) in [4.78, 5) is 36.7. The number of H-pyrrole nitrogens is 2. The lowest BCUT2D eigenvalue weighted by Crippen LogP contribution is -2.31. The third-order valence-corrected chi connectivity index (χ3v) is 7.55. The van der Waals surface area contributed by atoms with Gasteiger partial charge in [0, 0.05) is 24.0 Å². The van der Waals surface area contributed by atoms with Gasteiger partial charge in [-0.05, 0) is 36.8 Å². The molecule has 6 rings (SSSR count). The molecule has 0 unspecified atom stereocenters. The molecule has 2 fully saturated rings. The van der Waals surface area contributed by atoms with E-state index in [1.807, 2.05) is 36.4 Å². The average molecular weight is 573 g/mol. The highest BCUT2D eigenvalue weighted by atomic mass is 16.5. The summed E-state index contributed by atoms with van der Waals surface area (Å²) in [7, 11) is 2.99. The van der Waals surface area contributed by atoms with E-state index in [0.29, 0.717) is 13.2 Å². The Labute approximate surface area is 244 Å². The standard InChI is InChI=1S/2C16H18N2O3/c2*1-20-16-17-14(9-15(19)18-16)12-7-13(8-12)21-10-11-5-3-2-4-6-11/h2*2-6,9,12-13H,7-8,10H2,1H3,(H,17,18,19). The Morgan fingerprint density at radius 1 is 0.643 bits per heavy atom. The van der Waals surface area contributed by atoms with Gasteiger partial charge in [-0.25, -0.2) is 9.97 Å². The number of aromatic amines is 2. The SMILES string of the molecule is COc1nc(C2CC(OCc3ccccc3)C2)cc(=O)[nH]1.COc1nc(C2CC(OCc3ccccc3)C2)cc(=O)[nH]1. The molecule has 0 saturated heterocycles. The van der Waals surface area contributed by atoms with Crippen LogP contribution in [0.4, 0.5) is 0 Å². The Hall–Kier alpha value is -4.28. The van der Waals surface area contributed by atoms with E-state index < -0.39 is 0 Å². The fraction of sp³-hybridized carbons (Fsp3) is 0.375. The minimum atomic E-state index is -0.175. The van der Waals surface area contributed by atoms with Gasteiger partial charge < -0.3 is 18.9 Å². The zero-order valence-corrected chi connectivity index (χ0v) is 23.8. The lowest BCUT2D eigenvalue weighted by molar-refractivity contribution is -0.0217. The first-order valence-corrected chi connectivity index (χ1v) is 14.1. The third kappa shape index (κ3) is 7.92. The molecule has 0 spiro atoms. The monoisotopic (exact) mass is 572 g/mol.